The zero-order valence-corrected chi connectivity index (χ0v) is 20.2. The molecular weight excluding hydrogens is 461 g/mol. The number of benzene rings is 3. The van der Waals surface area contributed by atoms with Gasteiger partial charge in [0.15, 0.2) is 0 Å². The molecule has 0 aliphatic heterocycles. The third-order valence-electron chi connectivity index (χ3n) is 5.36. The number of aryl methyl sites for hydroxylation is 1. The molecule has 0 radical (unpaired) electrons. The molecule has 4 aromatic rings. The van der Waals surface area contributed by atoms with Crippen molar-refractivity contribution in [3.63, 3.8) is 0 Å². The molecule has 8 heteroatoms. The van der Waals surface area contributed by atoms with Crippen molar-refractivity contribution in [2.45, 2.75) is 20.8 Å². The van der Waals surface area contributed by atoms with Gasteiger partial charge in [0.1, 0.15) is 17.3 Å². The molecule has 0 atom stereocenters. The smallest absolute Gasteiger partial charge is 0.256 e. The van der Waals surface area contributed by atoms with E-state index in [4.69, 9.17) is 9.47 Å². The summed E-state index contributed by atoms with van der Waals surface area (Å²) in [6.45, 7) is 6.06. The molecule has 184 valence electrons. The highest BCUT2D eigenvalue weighted by Crippen LogP contribution is 2.37. The lowest BCUT2D eigenvalue weighted by Gasteiger charge is -2.18. The second kappa shape index (κ2) is 10.9. The summed E-state index contributed by atoms with van der Waals surface area (Å²) >= 11 is 0. The van der Waals surface area contributed by atoms with Crippen molar-refractivity contribution in [2.75, 3.05) is 23.8 Å². The van der Waals surface area contributed by atoms with E-state index >= 15 is 0 Å². The second-order valence-corrected chi connectivity index (χ2v) is 7.96. The summed E-state index contributed by atoms with van der Waals surface area (Å²) in [6.07, 6.45) is 0. The molecule has 2 N–H and O–H groups in total. The Morgan fingerprint density at radius 2 is 1.44 bits per heavy atom. The first-order valence-electron chi connectivity index (χ1n) is 11.6. The Morgan fingerprint density at radius 3 is 2.06 bits per heavy atom. The molecule has 4 rings (SSSR count). The summed E-state index contributed by atoms with van der Waals surface area (Å²) in [6, 6.07) is 17.8. The number of carbonyl (C=O) groups excluding carboxylic acids is 2. The van der Waals surface area contributed by atoms with Gasteiger partial charge < -0.3 is 20.1 Å². The van der Waals surface area contributed by atoms with Gasteiger partial charge in [0.05, 0.1) is 35.7 Å². The molecule has 0 bridgehead atoms. The fraction of sp³-hybridized carbons (Fsp3) is 0.179. The number of nitrogens with one attached hydrogen (secondary N) is 2. The van der Waals surface area contributed by atoms with E-state index in [9.17, 15) is 14.0 Å². The highest BCUT2D eigenvalue weighted by Gasteiger charge is 2.19. The van der Waals surface area contributed by atoms with Crippen molar-refractivity contribution >= 4 is 34.1 Å². The minimum Gasteiger partial charge on any atom is -0.492 e. The second-order valence-electron chi connectivity index (χ2n) is 7.96. The molecule has 0 saturated carbocycles. The van der Waals surface area contributed by atoms with Crippen molar-refractivity contribution in [2.24, 2.45) is 0 Å². The minimum absolute atomic E-state index is 0.304. The van der Waals surface area contributed by atoms with Crippen LogP contribution in [0.4, 0.5) is 15.8 Å². The molecule has 0 unspecified atom stereocenters. The predicted octanol–water partition coefficient (Wildman–Crippen LogP) is 5.98. The topological polar surface area (TPSA) is 89.6 Å². The molecule has 3 aromatic carbocycles. The molecular formula is C28H26FN3O4. The van der Waals surface area contributed by atoms with Gasteiger partial charge >= 0.3 is 0 Å². The fourth-order valence-corrected chi connectivity index (χ4v) is 3.80. The molecule has 0 aliphatic rings. The third kappa shape index (κ3) is 5.43. The van der Waals surface area contributed by atoms with Crippen LogP contribution in [0.5, 0.6) is 11.5 Å². The molecule has 0 fully saturated rings. The Balaban J connectivity index is 1.71. The van der Waals surface area contributed by atoms with E-state index in [1.807, 2.05) is 19.9 Å². The molecule has 36 heavy (non-hydrogen) atoms. The highest BCUT2D eigenvalue weighted by molar-refractivity contribution is 6.13. The first-order chi connectivity index (χ1) is 17.4. The SMILES string of the molecule is CCOc1cc(NC(=O)c2cc(C)nc3cc(F)ccc23)c(OCC)cc1NC(=O)c1ccccc1. The van der Waals surface area contributed by atoms with E-state index in [1.54, 1.807) is 49.4 Å². The number of aromatic nitrogens is 1. The average molecular weight is 488 g/mol. The standard InChI is InChI=1S/C28H26FN3O4/c1-4-35-25-16-24(26(36-5-2)15-23(25)31-27(33)18-9-7-6-8-10-18)32-28(34)21-13-17(3)30-22-14-19(29)11-12-20(21)22/h6-16H,4-5H2,1-3H3,(H,31,33)(H,32,34). The summed E-state index contributed by atoms with van der Waals surface area (Å²) in [4.78, 5) is 30.4. The summed E-state index contributed by atoms with van der Waals surface area (Å²) in [7, 11) is 0. The number of pyridine rings is 1. The van der Waals surface area contributed by atoms with Crippen LogP contribution in [-0.2, 0) is 0 Å². The van der Waals surface area contributed by atoms with Crippen molar-refractivity contribution in [1.82, 2.24) is 4.98 Å². The first-order valence-corrected chi connectivity index (χ1v) is 11.6. The van der Waals surface area contributed by atoms with Gasteiger partial charge in [-0.25, -0.2) is 4.39 Å². The van der Waals surface area contributed by atoms with Crippen molar-refractivity contribution in [3.8, 4) is 11.5 Å². The lowest BCUT2D eigenvalue weighted by Crippen LogP contribution is -2.16. The molecule has 1 aromatic heterocycles. The Bertz CT molecular complexity index is 1420. The highest BCUT2D eigenvalue weighted by atomic mass is 19.1. The average Bonchev–Trinajstić information content (AvgIpc) is 2.86. The number of amides is 2. The van der Waals surface area contributed by atoms with Crippen molar-refractivity contribution in [1.29, 1.82) is 0 Å². The maximum Gasteiger partial charge on any atom is 0.256 e. The zero-order chi connectivity index (χ0) is 25.7. The van der Waals surface area contributed by atoms with Crippen LogP contribution in [-0.4, -0.2) is 30.0 Å². The zero-order valence-electron chi connectivity index (χ0n) is 20.2. The summed E-state index contributed by atoms with van der Waals surface area (Å²) in [5, 5.41) is 6.26. The van der Waals surface area contributed by atoms with E-state index < -0.39 is 11.7 Å². The van der Waals surface area contributed by atoms with Crippen molar-refractivity contribution < 1.29 is 23.5 Å². The van der Waals surface area contributed by atoms with Crippen LogP contribution in [0.15, 0.2) is 66.7 Å². The quantitative estimate of drug-likeness (QED) is 0.319. The van der Waals surface area contributed by atoms with Crippen LogP contribution in [0.25, 0.3) is 10.9 Å². The number of hydrogen-bond donors (Lipinski definition) is 2. The maximum atomic E-state index is 13.7. The van der Waals surface area contributed by atoms with E-state index in [0.29, 0.717) is 63.8 Å². The number of anilines is 2. The van der Waals surface area contributed by atoms with Crippen molar-refractivity contribution in [3.05, 3.63) is 89.4 Å². The number of halogens is 1. The van der Waals surface area contributed by atoms with Crippen LogP contribution in [0.3, 0.4) is 0 Å². The van der Waals surface area contributed by atoms with Gasteiger partial charge in [-0.2, -0.15) is 0 Å². The molecule has 1 heterocycles. The molecule has 0 saturated heterocycles. The Labute approximate surface area is 208 Å². The van der Waals surface area contributed by atoms with Crippen LogP contribution < -0.4 is 20.1 Å². The van der Waals surface area contributed by atoms with Gasteiger partial charge in [0, 0.05) is 34.8 Å². The minimum atomic E-state index is -0.430. The third-order valence-corrected chi connectivity index (χ3v) is 5.36. The summed E-state index contributed by atoms with van der Waals surface area (Å²) in [5.74, 6) is -0.416. The van der Waals surface area contributed by atoms with Gasteiger partial charge in [-0.05, 0) is 51.1 Å². The monoisotopic (exact) mass is 487 g/mol. The van der Waals surface area contributed by atoms with Gasteiger partial charge in [-0.3, -0.25) is 14.6 Å². The first kappa shape index (κ1) is 24.7. The lowest BCUT2D eigenvalue weighted by molar-refractivity contribution is 0.101. The van der Waals surface area contributed by atoms with E-state index in [0.717, 1.165) is 0 Å². The number of nitrogens with zero attached hydrogens (tertiary/aromatic N) is 1. The lowest BCUT2D eigenvalue weighted by atomic mass is 10.1. The van der Waals surface area contributed by atoms with Gasteiger partial charge in [-0.1, -0.05) is 18.2 Å². The molecule has 0 aliphatic carbocycles. The van der Waals surface area contributed by atoms with Gasteiger partial charge in [0.2, 0.25) is 0 Å². The Hall–Kier alpha value is -4.46. The van der Waals surface area contributed by atoms with Crippen LogP contribution in [0, 0.1) is 12.7 Å². The molecule has 7 nitrogen and oxygen atoms in total. The maximum absolute atomic E-state index is 13.7. The molecule has 0 spiro atoms. The van der Waals surface area contributed by atoms with Crippen LogP contribution in [0.2, 0.25) is 0 Å². The number of fused-ring (bicyclic) bond motifs is 1. The van der Waals surface area contributed by atoms with Crippen LogP contribution >= 0.6 is 0 Å². The number of carbonyl (C=O) groups is 2. The number of ether oxygens (including phenoxy) is 2. The van der Waals surface area contributed by atoms with E-state index in [-0.39, 0.29) is 5.91 Å². The number of hydrogen-bond acceptors (Lipinski definition) is 5. The Kier molecular flexibility index (Phi) is 7.44. The normalized spacial score (nSPS) is 10.7. The summed E-state index contributed by atoms with van der Waals surface area (Å²) in [5.41, 5.74) is 2.59. The fourth-order valence-electron chi connectivity index (χ4n) is 3.80. The van der Waals surface area contributed by atoms with E-state index in [2.05, 4.69) is 15.6 Å². The van der Waals surface area contributed by atoms with E-state index in [1.165, 1.54) is 18.2 Å². The predicted molar refractivity (Wildman–Crippen MR) is 138 cm³/mol. The Morgan fingerprint density at radius 1 is 0.833 bits per heavy atom. The largest absolute Gasteiger partial charge is 0.492 e. The number of rotatable bonds is 8. The van der Waals surface area contributed by atoms with Crippen LogP contribution in [0.1, 0.15) is 40.3 Å². The van der Waals surface area contributed by atoms with Gasteiger partial charge in [-0.15, -0.1) is 0 Å². The summed E-state index contributed by atoms with van der Waals surface area (Å²) < 4.78 is 25.3. The molecule has 2 amide bonds. The van der Waals surface area contributed by atoms with Gasteiger partial charge in [0.25, 0.3) is 11.8 Å².